The second-order valence-corrected chi connectivity index (χ2v) is 3.47. The summed E-state index contributed by atoms with van der Waals surface area (Å²) < 4.78 is 13.5. The highest BCUT2D eigenvalue weighted by molar-refractivity contribution is 9.10. The Morgan fingerprint density at radius 2 is 2.31 bits per heavy atom. The van der Waals surface area contributed by atoms with Crippen molar-refractivity contribution in [1.29, 1.82) is 0 Å². The zero-order valence-electron chi connectivity index (χ0n) is 7.26. The summed E-state index contributed by atoms with van der Waals surface area (Å²) in [5.41, 5.74) is 0.741. The quantitative estimate of drug-likeness (QED) is 0.834. The number of rotatable bonds is 3. The number of halogens is 2. The average molecular weight is 248 g/mol. The predicted octanol–water partition coefficient (Wildman–Crippen LogP) is 2.93. The van der Waals surface area contributed by atoms with Gasteiger partial charge in [-0.2, -0.15) is 0 Å². The van der Waals surface area contributed by atoms with E-state index in [-0.39, 0.29) is 11.9 Å². The summed E-state index contributed by atoms with van der Waals surface area (Å²) in [6.45, 7) is 1.93. The molecule has 0 spiro atoms. The summed E-state index contributed by atoms with van der Waals surface area (Å²) in [7, 11) is 0. The molecule has 0 aromatic heterocycles. The summed E-state index contributed by atoms with van der Waals surface area (Å²) >= 11 is 3.15. The molecule has 4 heteroatoms. The lowest BCUT2D eigenvalue weighted by molar-refractivity contribution is 0.0493. The topological polar surface area (TPSA) is 35.2 Å². The molecule has 0 saturated heterocycles. The Hall–Kier alpha value is -0.450. The highest BCUT2D eigenvalue weighted by atomic mass is 79.9. The molecule has 0 aliphatic heterocycles. The minimum atomic E-state index is -0.298. The summed E-state index contributed by atoms with van der Waals surface area (Å²) in [5.74, 6) is 4.79. The van der Waals surface area contributed by atoms with Gasteiger partial charge in [-0.05, 0) is 34.0 Å². The summed E-state index contributed by atoms with van der Waals surface area (Å²) in [6.07, 6.45) is 0.448. The van der Waals surface area contributed by atoms with Crippen LogP contribution in [0, 0.1) is 5.82 Å². The molecule has 1 rings (SSSR count). The maximum absolute atomic E-state index is 13.1. The molecule has 1 aromatic rings. The van der Waals surface area contributed by atoms with E-state index in [1.165, 1.54) is 6.07 Å². The van der Waals surface area contributed by atoms with Crippen molar-refractivity contribution in [2.24, 2.45) is 5.90 Å². The van der Waals surface area contributed by atoms with Crippen molar-refractivity contribution < 1.29 is 9.23 Å². The Balaban J connectivity index is 3.05. The van der Waals surface area contributed by atoms with Gasteiger partial charge in [-0.15, -0.1) is 0 Å². The molecule has 0 bridgehead atoms. The van der Waals surface area contributed by atoms with Gasteiger partial charge in [0.1, 0.15) is 11.9 Å². The first-order valence-corrected chi connectivity index (χ1v) is 4.79. The van der Waals surface area contributed by atoms with E-state index >= 15 is 0 Å². The Morgan fingerprint density at radius 1 is 1.62 bits per heavy atom. The van der Waals surface area contributed by atoms with Crippen molar-refractivity contribution in [2.45, 2.75) is 19.4 Å². The van der Waals surface area contributed by atoms with E-state index in [0.717, 1.165) is 5.56 Å². The third-order valence-corrected chi connectivity index (χ3v) is 2.70. The van der Waals surface area contributed by atoms with Gasteiger partial charge in [0.2, 0.25) is 0 Å². The van der Waals surface area contributed by atoms with Crippen LogP contribution in [0.4, 0.5) is 4.39 Å². The van der Waals surface area contributed by atoms with E-state index < -0.39 is 0 Å². The normalized spacial score (nSPS) is 12.9. The van der Waals surface area contributed by atoms with Crippen LogP contribution in [-0.4, -0.2) is 0 Å². The largest absolute Gasteiger partial charge is 0.297 e. The van der Waals surface area contributed by atoms with Crippen LogP contribution in [-0.2, 0) is 4.84 Å². The van der Waals surface area contributed by atoms with Crippen molar-refractivity contribution in [3.05, 3.63) is 34.1 Å². The molecule has 0 heterocycles. The Bertz CT molecular complexity index is 289. The average Bonchev–Trinajstić information content (AvgIpc) is 2.14. The summed E-state index contributed by atoms with van der Waals surface area (Å²) in [6, 6.07) is 4.81. The van der Waals surface area contributed by atoms with Gasteiger partial charge >= 0.3 is 0 Å². The Morgan fingerprint density at radius 3 is 2.85 bits per heavy atom. The second kappa shape index (κ2) is 4.69. The highest BCUT2D eigenvalue weighted by Gasteiger charge is 2.14. The van der Waals surface area contributed by atoms with Gasteiger partial charge < -0.3 is 0 Å². The van der Waals surface area contributed by atoms with E-state index in [1.54, 1.807) is 12.1 Å². The molecule has 2 nitrogen and oxygen atoms in total. The zero-order valence-corrected chi connectivity index (χ0v) is 8.84. The fraction of sp³-hybridized carbons (Fsp3) is 0.333. The first-order chi connectivity index (χ1) is 6.20. The highest BCUT2D eigenvalue weighted by Crippen LogP contribution is 2.29. The van der Waals surface area contributed by atoms with Crippen LogP contribution >= 0.6 is 15.9 Å². The standard InChI is InChI=1S/C9H11BrFNO/c1-2-8(13-12)6-4-3-5-7(11)9(6)10/h3-5,8H,2,12H2,1H3/t8-/m1/s1. The smallest absolute Gasteiger partial charge is 0.137 e. The number of nitrogens with two attached hydrogens (primary N) is 1. The summed E-state index contributed by atoms with van der Waals surface area (Å²) in [5, 5.41) is 0. The van der Waals surface area contributed by atoms with Crippen molar-refractivity contribution in [1.82, 2.24) is 0 Å². The van der Waals surface area contributed by atoms with Crippen LogP contribution in [0.2, 0.25) is 0 Å². The molecule has 13 heavy (non-hydrogen) atoms. The van der Waals surface area contributed by atoms with E-state index in [2.05, 4.69) is 15.9 Å². The molecule has 1 atom stereocenters. The van der Waals surface area contributed by atoms with Gasteiger partial charge in [0.05, 0.1) is 4.47 Å². The molecule has 0 unspecified atom stereocenters. The Labute approximate surface area is 85.0 Å². The van der Waals surface area contributed by atoms with E-state index in [4.69, 9.17) is 10.7 Å². The van der Waals surface area contributed by atoms with Crippen molar-refractivity contribution in [3.8, 4) is 0 Å². The fourth-order valence-electron chi connectivity index (χ4n) is 1.16. The van der Waals surface area contributed by atoms with Crippen LogP contribution < -0.4 is 5.90 Å². The van der Waals surface area contributed by atoms with E-state index in [9.17, 15) is 4.39 Å². The zero-order chi connectivity index (χ0) is 9.84. The third kappa shape index (κ3) is 2.27. The number of benzene rings is 1. The molecule has 0 radical (unpaired) electrons. The lowest BCUT2D eigenvalue weighted by Gasteiger charge is -2.14. The molecule has 0 amide bonds. The molecule has 2 N–H and O–H groups in total. The molecular formula is C9H11BrFNO. The number of hydrogen-bond acceptors (Lipinski definition) is 2. The van der Waals surface area contributed by atoms with Crippen LogP contribution in [0.5, 0.6) is 0 Å². The molecule has 72 valence electrons. The van der Waals surface area contributed by atoms with Crippen LogP contribution in [0.3, 0.4) is 0 Å². The SMILES string of the molecule is CC[C@@H](ON)c1cccc(F)c1Br. The molecule has 0 fully saturated rings. The molecule has 0 saturated carbocycles. The van der Waals surface area contributed by atoms with Crippen LogP contribution in [0.1, 0.15) is 25.0 Å². The molecular weight excluding hydrogens is 237 g/mol. The third-order valence-electron chi connectivity index (χ3n) is 1.86. The summed E-state index contributed by atoms with van der Waals surface area (Å²) in [4.78, 5) is 4.72. The molecule has 0 aliphatic rings. The minimum absolute atomic E-state index is 0.259. The maximum atomic E-state index is 13.1. The molecule has 1 aromatic carbocycles. The minimum Gasteiger partial charge on any atom is -0.297 e. The monoisotopic (exact) mass is 247 g/mol. The van der Waals surface area contributed by atoms with Crippen LogP contribution in [0.15, 0.2) is 22.7 Å². The first kappa shape index (κ1) is 10.6. The fourth-order valence-corrected chi connectivity index (χ4v) is 1.68. The maximum Gasteiger partial charge on any atom is 0.137 e. The molecule has 0 aliphatic carbocycles. The van der Waals surface area contributed by atoms with E-state index in [1.807, 2.05) is 6.92 Å². The van der Waals surface area contributed by atoms with Crippen molar-refractivity contribution in [2.75, 3.05) is 0 Å². The van der Waals surface area contributed by atoms with Crippen LogP contribution in [0.25, 0.3) is 0 Å². The predicted molar refractivity (Wildman–Crippen MR) is 52.4 cm³/mol. The van der Waals surface area contributed by atoms with Gasteiger partial charge in [-0.1, -0.05) is 19.1 Å². The Kier molecular flexibility index (Phi) is 3.84. The van der Waals surface area contributed by atoms with Gasteiger partial charge in [-0.3, -0.25) is 4.84 Å². The van der Waals surface area contributed by atoms with Gasteiger partial charge in [0, 0.05) is 0 Å². The van der Waals surface area contributed by atoms with Crippen molar-refractivity contribution in [3.63, 3.8) is 0 Å². The second-order valence-electron chi connectivity index (χ2n) is 2.68. The van der Waals surface area contributed by atoms with Gasteiger partial charge in [0.15, 0.2) is 0 Å². The lowest BCUT2D eigenvalue weighted by Crippen LogP contribution is -2.09. The number of hydrogen-bond donors (Lipinski definition) is 1. The van der Waals surface area contributed by atoms with E-state index in [0.29, 0.717) is 10.9 Å². The lowest BCUT2D eigenvalue weighted by atomic mass is 10.1. The van der Waals surface area contributed by atoms with Gasteiger partial charge in [-0.25, -0.2) is 10.3 Å². The first-order valence-electron chi connectivity index (χ1n) is 4.00. The van der Waals surface area contributed by atoms with Crippen molar-refractivity contribution >= 4 is 15.9 Å². The van der Waals surface area contributed by atoms with Gasteiger partial charge in [0.25, 0.3) is 0 Å².